The van der Waals surface area contributed by atoms with E-state index in [0.717, 1.165) is 36.1 Å². The summed E-state index contributed by atoms with van der Waals surface area (Å²) in [4.78, 5) is 27.9. The molecule has 1 atom stereocenters. The molecule has 7 heteroatoms. The van der Waals surface area contributed by atoms with Crippen molar-refractivity contribution in [2.75, 3.05) is 17.7 Å². The Morgan fingerprint density at radius 2 is 1.90 bits per heavy atom. The van der Waals surface area contributed by atoms with Crippen LogP contribution in [0.15, 0.2) is 29.2 Å². The average Bonchev–Trinajstić information content (AvgIpc) is 2.88. The lowest BCUT2D eigenvalue weighted by Crippen LogP contribution is -2.25. The van der Waals surface area contributed by atoms with E-state index in [1.807, 2.05) is 31.2 Å². The van der Waals surface area contributed by atoms with Crippen molar-refractivity contribution in [1.82, 2.24) is 0 Å². The minimum atomic E-state index is -0.332. The van der Waals surface area contributed by atoms with Gasteiger partial charge in [-0.25, -0.2) is 4.79 Å². The van der Waals surface area contributed by atoms with E-state index in [-0.39, 0.29) is 17.1 Å². The molecule has 1 aliphatic carbocycles. The highest BCUT2D eigenvalue weighted by Crippen LogP contribution is 2.38. The number of nitrogens with one attached hydrogen (secondary N) is 1. The zero-order valence-corrected chi connectivity index (χ0v) is 18.6. The maximum Gasteiger partial charge on any atom is 0.341 e. The molecule has 3 rings (SSSR count). The van der Waals surface area contributed by atoms with Crippen molar-refractivity contribution in [3.63, 3.8) is 0 Å². The Morgan fingerprint density at radius 1 is 1.17 bits per heavy atom. The normalized spacial score (nSPS) is 14.6. The Labute approximate surface area is 180 Å². The second-order valence-electron chi connectivity index (χ2n) is 7.06. The highest BCUT2D eigenvalue weighted by atomic mass is 32.2. The number of carbonyl (C=O) groups is 2. The maximum atomic E-state index is 13.0. The van der Waals surface area contributed by atoms with Gasteiger partial charge >= 0.3 is 5.97 Å². The number of hydrogen-bond acceptors (Lipinski definition) is 6. The van der Waals surface area contributed by atoms with Gasteiger partial charge in [0, 0.05) is 15.5 Å². The first-order valence-corrected chi connectivity index (χ1v) is 11.9. The van der Waals surface area contributed by atoms with Crippen molar-refractivity contribution in [2.24, 2.45) is 0 Å². The van der Waals surface area contributed by atoms with Gasteiger partial charge in [-0.1, -0.05) is 13.3 Å². The number of nitrogens with two attached hydrogens (primary N) is 1. The quantitative estimate of drug-likeness (QED) is 0.269. The number of carbonyl (C=O) groups excluding carboxylic acids is 2. The van der Waals surface area contributed by atoms with Crippen LogP contribution in [-0.4, -0.2) is 23.7 Å². The number of nitrogen functional groups attached to an aromatic ring is 1. The number of thioether (sulfide) groups is 1. The first-order valence-electron chi connectivity index (χ1n) is 10.2. The Morgan fingerprint density at radius 3 is 2.59 bits per heavy atom. The number of ether oxygens (including phenoxy) is 1. The number of benzene rings is 1. The topological polar surface area (TPSA) is 81.4 Å². The van der Waals surface area contributed by atoms with Crippen LogP contribution in [0.25, 0.3) is 0 Å². The predicted octanol–water partition coefficient (Wildman–Crippen LogP) is 5.29. The van der Waals surface area contributed by atoms with Crippen LogP contribution in [0.5, 0.6) is 0 Å². The molecule has 5 nitrogen and oxygen atoms in total. The number of fused-ring (bicyclic) bond motifs is 1. The van der Waals surface area contributed by atoms with Gasteiger partial charge in [-0.05, 0) is 68.9 Å². The first kappa shape index (κ1) is 21.7. The fourth-order valence-electron chi connectivity index (χ4n) is 3.48. The first-order chi connectivity index (χ1) is 14.0. The Hall–Kier alpha value is -1.99. The molecule has 156 valence electrons. The molecule has 1 unspecified atom stereocenters. The van der Waals surface area contributed by atoms with E-state index in [9.17, 15) is 9.59 Å². The number of aryl methyl sites for hydroxylation is 1. The lowest BCUT2D eigenvalue weighted by molar-refractivity contribution is -0.115. The fraction of sp³-hybridized carbons (Fsp3) is 0.455. The van der Waals surface area contributed by atoms with Gasteiger partial charge in [0.1, 0.15) is 5.00 Å². The highest BCUT2D eigenvalue weighted by molar-refractivity contribution is 8.00. The minimum absolute atomic E-state index is 0.0868. The second kappa shape index (κ2) is 10.2. The van der Waals surface area contributed by atoms with Crippen molar-refractivity contribution in [3.05, 3.63) is 40.3 Å². The standard InChI is InChI=1S/C22H28N2O3S2/c1-3-17(28-15-12-10-14(23)11-13-15)20(25)24-21-19(22(26)27-4-2)16-8-6-5-7-9-18(16)29-21/h10-13,17H,3-9,23H2,1-2H3,(H,24,25). The van der Waals surface area contributed by atoms with Crippen LogP contribution in [0.4, 0.5) is 10.7 Å². The van der Waals surface area contributed by atoms with E-state index in [4.69, 9.17) is 10.5 Å². The monoisotopic (exact) mass is 432 g/mol. The third-order valence-electron chi connectivity index (χ3n) is 4.96. The summed E-state index contributed by atoms with van der Waals surface area (Å²) in [5.41, 5.74) is 8.08. The molecular formula is C22H28N2O3S2. The maximum absolute atomic E-state index is 13.0. The van der Waals surface area contributed by atoms with Crippen LogP contribution >= 0.6 is 23.1 Å². The molecule has 0 aliphatic heterocycles. The molecule has 0 saturated carbocycles. The molecule has 3 N–H and O–H groups in total. The summed E-state index contributed by atoms with van der Waals surface area (Å²) in [7, 11) is 0. The van der Waals surface area contributed by atoms with Gasteiger partial charge in [-0.3, -0.25) is 4.79 Å². The van der Waals surface area contributed by atoms with Crippen molar-refractivity contribution in [3.8, 4) is 0 Å². The van der Waals surface area contributed by atoms with Gasteiger partial charge in [0.25, 0.3) is 0 Å². The molecule has 29 heavy (non-hydrogen) atoms. The van der Waals surface area contributed by atoms with Crippen LogP contribution in [0, 0.1) is 0 Å². The smallest absolute Gasteiger partial charge is 0.341 e. The van der Waals surface area contributed by atoms with Gasteiger partial charge in [-0.2, -0.15) is 0 Å². The summed E-state index contributed by atoms with van der Waals surface area (Å²) in [5.74, 6) is -0.419. The van der Waals surface area contributed by atoms with Gasteiger partial charge in [0.05, 0.1) is 17.4 Å². The average molecular weight is 433 g/mol. The number of thiophene rings is 1. The number of esters is 1. The molecular weight excluding hydrogens is 404 g/mol. The Bertz CT molecular complexity index is 862. The van der Waals surface area contributed by atoms with E-state index >= 15 is 0 Å². The minimum Gasteiger partial charge on any atom is -0.462 e. The molecule has 2 aromatic rings. The van der Waals surface area contributed by atoms with Crippen molar-refractivity contribution < 1.29 is 14.3 Å². The van der Waals surface area contributed by atoms with Gasteiger partial charge in [0.2, 0.25) is 5.91 Å². The summed E-state index contributed by atoms with van der Waals surface area (Å²) in [6, 6.07) is 7.52. The molecule has 0 radical (unpaired) electrons. The Balaban J connectivity index is 1.82. The zero-order chi connectivity index (χ0) is 20.8. The SMILES string of the molecule is CCOC(=O)c1c(NC(=O)C(CC)Sc2ccc(N)cc2)sc2c1CCCCC2. The van der Waals surface area contributed by atoms with E-state index in [0.29, 0.717) is 29.3 Å². The third-order valence-corrected chi connectivity index (χ3v) is 7.54. The number of hydrogen-bond donors (Lipinski definition) is 2. The molecule has 1 aliphatic rings. The van der Waals surface area contributed by atoms with Crippen molar-refractivity contribution in [2.45, 2.75) is 62.5 Å². The van der Waals surface area contributed by atoms with E-state index in [2.05, 4.69) is 5.32 Å². The summed E-state index contributed by atoms with van der Waals surface area (Å²) in [5, 5.41) is 3.43. The highest BCUT2D eigenvalue weighted by Gasteiger charge is 2.28. The molecule has 1 heterocycles. The van der Waals surface area contributed by atoms with E-state index in [1.165, 1.54) is 34.4 Å². The molecule has 1 aromatic heterocycles. The molecule has 0 spiro atoms. The molecule has 1 aromatic carbocycles. The summed E-state index contributed by atoms with van der Waals surface area (Å²) >= 11 is 3.04. The fourth-order valence-corrected chi connectivity index (χ4v) is 5.71. The number of amides is 1. The lowest BCUT2D eigenvalue weighted by atomic mass is 10.1. The van der Waals surface area contributed by atoms with Crippen LogP contribution < -0.4 is 11.1 Å². The van der Waals surface area contributed by atoms with Gasteiger partial charge in [-0.15, -0.1) is 23.1 Å². The van der Waals surface area contributed by atoms with Gasteiger partial charge < -0.3 is 15.8 Å². The molecule has 0 fully saturated rings. The number of anilines is 2. The second-order valence-corrected chi connectivity index (χ2v) is 9.44. The van der Waals surface area contributed by atoms with Crippen LogP contribution in [0.3, 0.4) is 0 Å². The van der Waals surface area contributed by atoms with Crippen molar-refractivity contribution >= 4 is 45.7 Å². The van der Waals surface area contributed by atoms with Crippen LogP contribution in [-0.2, 0) is 22.4 Å². The third kappa shape index (κ3) is 5.34. The summed E-state index contributed by atoms with van der Waals surface area (Å²) in [6.07, 6.45) is 5.86. The number of rotatable bonds is 7. The van der Waals surface area contributed by atoms with Crippen LogP contribution in [0.2, 0.25) is 0 Å². The molecule has 0 bridgehead atoms. The Kier molecular flexibility index (Phi) is 7.61. The van der Waals surface area contributed by atoms with Crippen molar-refractivity contribution in [1.29, 1.82) is 0 Å². The predicted molar refractivity (Wildman–Crippen MR) is 121 cm³/mol. The largest absolute Gasteiger partial charge is 0.462 e. The zero-order valence-electron chi connectivity index (χ0n) is 17.0. The van der Waals surface area contributed by atoms with Gasteiger partial charge in [0.15, 0.2) is 0 Å². The van der Waals surface area contributed by atoms with Crippen LogP contribution in [0.1, 0.15) is 60.3 Å². The lowest BCUT2D eigenvalue weighted by Gasteiger charge is -2.15. The van der Waals surface area contributed by atoms with E-state index in [1.54, 1.807) is 6.92 Å². The summed E-state index contributed by atoms with van der Waals surface area (Å²) in [6.45, 7) is 4.11. The molecule has 0 saturated heterocycles. The summed E-state index contributed by atoms with van der Waals surface area (Å²) < 4.78 is 5.31. The molecule has 1 amide bonds. The van der Waals surface area contributed by atoms with E-state index < -0.39 is 0 Å².